The number of carbonyl (C=O) groups excluding carboxylic acids is 1. The molecule has 4 N–H and O–H groups in total. The lowest BCUT2D eigenvalue weighted by Gasteiger charge is -2.28. The molecule has 0 bridgehead atoms. The Hall–Kier alpha value is -2.81. The van der Waals surface area contributed by atoms with Gasteiger partial charge in [-0.25, -0.2) is 13.8 Å². The highest BCUT2D eigenvalue weighted by molar-refractivity contribution is 7.99. The molecule has 180 valence electrons. The van der Waals surface area contributed by atoms with E-state index in [4.69, 9.17) is 5.73 Å². The van der Waals surface area contributed by atoms with E-state index in [2.05, 4.69) is 11.9 Å². The molecule has 3 aromatic rings. The van der Waals surface area contributed by atoms with Gasteiger partial charge in [0.1, 0.15) is 11.6 Å². The van der Waals surface area contributed by atoms with E-state index >= 15 is 0 Å². The number of aryl methyl sites for hydroxylation is 1. The van der Waals surface area contributed by atoms with Crippen LogP contribution in [0.1, 0.15) is 23.6 Å². The largest absolute Gasteiger partial charge is 0.390 e. The Morgan fingerprint density at radius 3 is 2.47 bits per heavy atom. The zero-order valence-electron chi connectivity index (χ0n) is 19.1. The lowest BCUT2D eigenvalue weighted by Crippen LogP contribution is -2.46. The minimum Gasteiger partial charge on any atom is -0.390 e. The van der Waals surface area contributed by atoms with Crippen molar-refractivity contribution in [2.24, 2.45) is 5.73 Å². The van der Waals surface area contributed by atoms with E-state index in [1.54, 1.807) is 11.1 Å². The van der Waals surface area contributed by atoms with E-state index in [-0.39, 0.29) is 24.6 Å². The highest BCUT2D eigenvalue weighted by atomic mass is 32.2. The first-order chi connectivity index (χ1) is 16.3. The quantitative estimate of drug-likeness (QED) is 0.407. The second kappa shape index (κ2) is 12.6. The van der Waals surface area contributed by atoms with Crippen LogP contribution in [0.2, 0.25) is 0 Å². The summed E-state index contributed by atoms with van der Waals surface area (Å²) >= 11 is 1.37. The van der Waals surface area contributed by atoms with Crippen molar-refractivity contribution in [1.82, 2.24) is 4.90 Å². The van der Waals surface area contributed by atoms with Gasteiger partial charge in [-0.15, -0.1) is 0 Å². The van der Waals surface area contributed by atoms with Gasteiger partial charge in [-0.1, -0.05) is 31.2 Å². The topological polar surface area (TPSA) is 80.7 Å². The fraction of sp³-hybridized carbons (Fsp3) is 0.308. The molecular formula is C26H30F2N3O2S+. The summed E-state index contributed by atoms with van der Waals surface area (Å²) in [7, 11) is 0. The van der Waals surface area contributed by atoms with E-state index < -0.39 is 23.8 Å². The van der Waals surface area contributed by atoms with Crippen LogP contribution in [0.5, 0.6) is 0 Å². The second-order valence-corrected chi connectivity index (χ2v) is 9.19. The summed E-state index contributed by atoms with van der Waals surface area (Å²) in [5, 5.41) is 11.6. The molecule has 2 atom stereocenters. The van der Waals surface area contributed by atoms with Crippen LogP contribution >= 0.6 is 11.8 Å². The van der Waals surface area contributed by atoms with Crippen molar-refractivity contribution < 1.29 is 23.7 Å². The molecule has 34 heavy (non-hydrogen) atoms. The molecule has 8 heteroatoms. The van der Waals surface area contributed by atoms with Gasteiger partial charge in [0.2, 0.25) is 10.9 Å². The number of nitrogens with zero attached hydrogens (tertiary/aromatic N) is 1. The van der Waals surface area contributed by atoms with Crippen molar-refractivity contribution in [3.8, 4) is 0 Å². The molecule has 0 aliphatic heterocycles. The molecule has 2 aromatic carbocycles. The maximum absolute atomic E-state index is 13.5. The predicted molar refractivity (Wildman–Crippen MR) is 129 cm³/mol. The third-order valence-corrected chi connectivity index (χ3v) is 6.41. The smallest absolute Gasteiger partial charge is 0.238 e. The lowest BCUT2D eigenvalue weighted by atomic mass is 10.0. The van der Waals surface area contributed by atoms with Crippen LogP contribution < -0.4 is 10.7 Å². The van der Waals surface area contributed by atoms with E-state index in [0.717, 1.165) is 28.6 Å². The van der Waals surface area contributed by atoms with Crippen LogP contribution in [0.4, 0.5) is 8.78 Å². The Kier molecular flexibility index (Phi) is 9.56. The van der Waals surface area contributed by atoms with Crippen molar-refractivity contribution in [3.63, 3.8) is 0 Å². The van der Waals surface area contributed by atoms with Crippen LogP contribution in [0.3, 0.4) is 0 Å². The maximum atomic E-state index is 13.5. The van der Waals surface area contributed by atoms with Gasteiger partial charge in [-0.2, -0.15) is 0 Å². The Balaban J connectivity index is 1.70. The van der Waals surface area contributed by atoms with Crippen LogP contribution in [-0.4, -0.2) is 40.4 Å². The number of H-pyrrole nitrogens is 1. The van der Waals surface area contributed by atoms with Gasteiger partial charge in [0, 0.05) is 37.3 Å². The zero-order chi connectivity index (χ0) is 24.5. The normalized spacial score (nSPS) is 12.9. The van der Waals surface area contributed by atoms with Crippen LogP contribution in [-0.2, 0) is 24.2 Å². The monoisotopic (exact) mass is 486 g/mol. The number of aromatic nitrogens is 1. The number of nitrogens with two attached hydrogens (primary N) is 1. The zero-order valence-corrected chi connectivity index (χ0v) is 19.9. The molecule has 1 heterocycles. The highest BCUT2D eigenvalue weighted by Crippen LogP contribution is 2.17. The number of aromatic amines is 1. The van der Waals surface area contributed by atoms with Gasteiger partial charge in [0.05, 0.1) is 11.9 Å². The lowest BCUT2D eigenvalue weighted by molar-refractivity contribution is -0.426. The minimum absolute atomic E-state index is 0.00716. The minimum atomic E-state index is -1.07. The molecule has 2 unspecified atom stereocenters. The number of hydrogen-bond donors (Lipinski definition) is 2. The van der Waals surface area contributed by atoms with E-state index in [0.29, 0.717) is 12.1 Å². The number of aliphatic hydroxyl groups excluding tert-OH is 1. The number of pyridine rings is 1. The molecule has 0 fully saturated rings. The average molecular weight is 487 g/mol. The number of rotatable bonds is 11. The summed E-state index contributed by atoms with van der Waals surface area (Å²) in [4.78, 5) is 17.8. The third-order valence-electron chi connectivity index (χ3n) is 5.45. The highest BCUT2D eigenvalue weighted by Gasteiger charge is 2.23. The molecular weight excluding hydrogens is 456 g/mol. The molecule has 0 spiro atoms. The van der Waals surface area contributed by atoms with Gasteiger partial charge < -0.3 is 15.7 Å². The van der Waals surface area contributed by atoms with E-state index in [9.17, 15) is 18.7 Å². The molecule has 0 saturated carbocycles. The van der Waals surface area contributed by atoms with Crippen LogP contribution in [0.15, 0.2) is 71.9 Å². The molecule has 1 aromatic heterocycles. The number of thioether (sulfide) groups is 1. The predicted octanol–water partition coefficient (Wildman–Crippen LogP) is 3.39. The Morgan fingerprint density at radius 1 is 1.06 bits per heavy atom. The Labute approximate surface area is 203 Å². The molecule has 0 radical (unpaired) electrons. The summed E-state index contributed by atoms with van der Waals surface area (Å²) < 4.78 is 27.0. The third kappa shape index (κ3) is 7.90. The fourth-order valence-electron chi connectivity index (χ4n) is 3.62. The van der Waals surface area contributed by atoms with Crippen molar-refractivity contribution in [1.29, 1.82) is 0 Å². The molecule has 0 aliphatic rings. The number of hydrogen-bond acceptors (Lipinski definition) is 4. The van der Waals surface area contributed by atoms with Gasteiger partial charge >= 0.3 is 0 Å². The number of halogens is 2. The number of amides is 1. The maximum Gasteiger partial charge on any atom is 0.238 e. The summed E-state index contributed by atoms with van der Waals surface area (Å²) in [6.45, 7) is 2.39. The number of nitrogens with one attached hydrogen (secondary N) is 1. The molecule has 0 aliphatic carbocycles. The summed E-state index contributed by atoms with van der Waals surface area (Å²) in [5.41, 5.74) is 8.62. The number of carbonyl (C=O) groups is 1. The van der Waals surface area contributed by atoms with E-state index in [1.165, 1.54) is 23.9 Å². The molecule has 1 amide bonds. The summed E-state index contributed by atoms with van der Waals surface area (Å²) in [5.74, 6) is -1.35. The van der Waals surface area contributed by atoms with Crippen molar-refractivity contribution in [2.45, 2.75) is 43.5 Å². The standard InChI is InChI=1S/C26H29F2N3O2S/c1-2-18-6-5-7-19(10-18)15-31(26(33)17-34-25-8-3-4-9-30-25)16-24(32)23(29)13-20-11-21(27)14-22(28)12-20/h3-12,14,23-24,32H,2,13,15-17,29H2,1H3/p+1. The second-order valence-electron chi connectivity index (χ2n) is 8.18. The summed E-state index contributed by atoms with van der Waals surface area (Å²) in [6.07, 6.45) is 1.67. The molecule has 5 nitrogen and oxygen atoms in total. The number of aliphatic hydroxyl groups is 1. The average Bonchev–Trinajstić information content (AvgIpc) is 2.82. The van der Waals surface area contributed by atoms with Crippen molar-refractivity contribution >= 4 is 17.7 Å². The SMILES string of the molecule is CCc1cccc(CN(CC(O)C(N)Cc2cc(F)cc(F)c2)C(=O)CSc2cccc[nH+]2)c1. The van der Waals surface area contributed by atoms with Crippen LogP contribution in [0, 0.1) is 11.6 Å². The molecule has 0 saturated heterocycles. The van der Waals surface area contributed by atoms with Gasteiger partial charge in [-0.05, 0) is 59.5 Å². The summed E-state index contributed by atoms with van der Waals surface area (Å²) in [6, 6.07) is 16.0. The number of benzene rings is 2. The first-order valence-corrected chi connectivity index (χ1v) is 12.2. The van der Waals surface area contributed by atoms with Gasteiger partial charge in [-0.3, -0.25) is 4.79 Å². The van der Waals surface area contributed by atoms with Gasteiger partial charge in [0.25, 0.3) is 0 Å². The first kappa shape index (κ1) is 25.8. The Bertz CT molecular complexity index is 1060. The van der Waals surface area contributed by atoms with E-state index in [1.807, 2.05) is 42.5 Å². The van der Waals surface area contributed by atoms with Crippen molar-refractivity contribution in [2.75, 3.05) is 12.3 Å². The van der Waals surface area contributed by atoms with Crippen molar-refractivity contribution in [3.05, 3.63) is 95.2 Å². The van der Waals surface area contributed by atoms with Crippen LogP contribution in [0.25, 0.3) is 0 Å². The molecule has 3 rings (SSSR count). The Morgan fingerprint density at radius 2 is 1.79 bits per heavy atom. The first-order valence-electron chi connectivity index (χ1n) is 11.2. The fourth-order valence-corrected chi connectivity index (χ4v) is 4.41. The van der Waals surface area contributed by atoms with Gasteiger partial charge in [0.15, 0.2) is 6.20 Å².